The third-order valence-corrected chi connectivity index (χ3v) is 4.22. The van der Waals surface area contributed by atoms with Gasteiger partial charge in [0.15, 0.2) is 0 Å². The molecule has 0 saturated heterocycles. The molecule has 0 aromatic heterocycles. The fourth-order valence-corrected chi connectivity index (χ4v) is 3.17. The molecule has 5 nitrogen and oxygen atoms in total. The van der Waals surface area contributed by atoms with Gasteiger partial charge in [-0.2, -0.15) is 0 Å². The van der Waals surface area contributed by atoms with E-state index in [0.717, 1.165) is 0 Å². The molecule has 0 bridgehead atoms. The first-order valence-corrected chi connectivity index (χ1v) is 7.61. The third kappa shape index (κ3) is 3.85. The second kappa shape index (κ2) is 7.22. The quantitative estimate of drug-likeness (QED) is 0.562. The fraction of sp³-hybridized carbons (Fsp3) is 0.286. The van der Waals surface area contributed by atoms with Crippen molar-refractivity contribution in [2.45, 2.75) is 12.8 Å². The first-order chi connectivity index (χ1) is 10.4. The van der Waals surface area contributed by atoms with E-state index in [9.17, 15) is 14.7 Å². The van der Waals surface area contributed by atoms with E-state index in [4.69, 9.17) is 34.8 Å². The summed E-state index contributed by atoms with van der Waals surface area (Å²) in [5.74, 6) is -2.83. The molecule has 1 aromatic carbocycles. The molecule has 0 radical (unpaired) electrons. The van der Waals surface area contributed by atoms with Gasteiger partial charge in [-0.25, -0.2) is 0 Å². The lowest BCUT2D eigenvalue weighted by Crippen LogP contribution is -2.41. The topological polar surface area (TPSA) is 78.4 Å². The molecule has 0 aliphatic heterocycles. The van der Waals surface area contributed by atoms with Gasteiger partial charge in [0.2, 0.25) is 5.91 Å². The average molecular weight is 364 g/mol. The first kappa shape index (κ1) is 16.9. The van der Waals surface area contributed by atoms with Crippen LogP contribution in [0.15, 0.2) is 24.3 Å². The minimum Gasteiger partial charge on any atom is -0.481 e. The molecule has 8 heteroatoms. The van der Waals surface area contributed by atoms with Crippen molar-refractivity contribution >= 4 is 52.4 Å². The number of halogens is 3. The normalized spacial score (nSPS) is 20.5. The number of hydrogen-bond acceptors (Lipinski definition) is 3. The van der Waals surface area contributed by atoms with Crippen molar-refractivity contribution < 1.29 is 14.7 Å². The van der Waals surface area contributed by atoms with Crippen molar-refractivity contribution in [2.75, 3.05) is 5.43 Å². The molecule has 0 fully saturated rings. The summed E-state index contributed by atoms with van der Waals surface area (Å²) in [6, 6.07) is 2.96. The number of hydrogen-bond donors (Lipinski definition) is 3. The van der Waals surface area contributed by atoms with E-state index in [0.29, 0.717) is 23.6 Å². The van der Waals surface area contributed by atoms with Crippen LogP contribution in [0.1, 0.15) is 12.8 Å². The van der Waals surface area contributed by atoms with Gasteiger partial charge in [0.1, 0.15) is 0 Å². The van der Waals surface area contributed by atoms with E-state index in [2.05, 4.69) is 10.9 Å². The number of amides is 1. The molecule has 0 heterocycles. The van der Waals surface area contributed by atoms with Crippen LogP contribution in [0.5, 0.6) is 0 Å². The number of carboxylic acids is 1. The lowest BCUT2D eigenvalue weighted by Gasteiger charge is -2.24. The average Bonchev–Trinajstić information content (AvgIpc) is 2.45. The van der Waals surface area contributed by atoms with Gasteiger partial charge in [-0.1, -0.05) is 47.0 Å². The molecule has 1 aliphatic rings. The number of hydrazine groups is 1. The van der Waals surface area contributed by atoms with Gasteiger partial charge >= 0.3 is 5.97 Å². The van der Waals surface area contributed by atoms with Crippen LogP contribution in [-0.2, 0) is 9.59 Å². The highest BCUT2D eigenvalue weighted by molar-refractivity contribution is 6.41. The van der Waals surface area contributed by atoms with Gasteiger partial charge < -0.3 is 5.11 Å². The van der Waals surface area contributed by atoms with Gasteiger partial charge in [-0.3, -0.25) is 20.4 Å². The van der Waals surface area contributed by atoms with Crippen molar-refractivity contribution in [3.63, 3.8) is 0 Å². The molecule has 1 aromatic rings. The van der Waals surface area contributed by atoms with Crippen LogP contribution in [0.25, 0.3) is 0 Å². The molecule has 2 atom stereocenters. The summed E-state index contributed by atoms with van der Waals surface area (Å²) in [5.41, 5.74) is 5.39. The van der Waals surface area contributed by atoms with Crippen LogP contribution in [0, 0.1) is 11.8 Å². The summed E-state index contributed by atoms with van der Waals surface area (Å²) in [6.45, 7) is 0. The van der Waals surface area contributed by atoms with Crippen LogP contribution >= 0.6 is 34.8 Å². The maximum atomic E-state index is 12.2. The lowest BCUT2D eigenvalue weighted by atomic mass is 9.82. The van der Waals surface area contributed by atoms with E-state index in [1.54, 1.807) is 12.2 Å². The fourth-order valence-electron chi connectivity index (χ4n) is 2.26. The molecule has 0 saturated carbocycles. The number of carboxylic acid groups (broad SMARTS) is 1. The monoisotopic (exact) mass is 362 g/mol. The van der Waals surface area contributed by atoms with E-state index in [-0.39, 0.29) is 10.0 Å². The van der Waals surface area contributed by atoms with Crippen molar-refractivity contribution in [2.24, 2.45) is 11.8 Å². The van der Waals surface area contributed by atoms with E-state index < -0.39 is 23.7 Å². The highest BCUT2D eigenvalue weighted by Gasteiger charge is 2.34. The summed E-state index contributed by atoms with van der Waals surface area (Å²) in [5, 5.41) is 10.0. The Bertz CT molecular complexity index is 611. The SMILES string of the molecule is O=C(O)[C@H]1CC=CC[C@@H]1C(=O)NNc1c(Cl)cc(Cl)cc1Cl. The zero-order chi connectivity index (χ0) is 16.3. The summed E-state index contributed by atoms with van der Waals surface area (Å²) >= 11 is 17.8. The number of carbonyl (C=O) groups excluding carboxylic acids is 1. The molecular formula is C14H13Cl3N2O3. The van der Waals surface area contributed by atoms with Crippen LogP contribution in [-0.4, -0.2) is 17.0 Å². The minimum absolute atomic E-state index is 0.246. The van der Waals surface area contributed by atoms with Gasteiger partial charge in [-0.05, 0) is 25.0 Å². The van der Waals surface area contributed by atoms with E-state index >= 15 is 0 Å². The third-order valence-electron chi connectivity index (χ3n) is 3.40. The summed E-state index contributed by atoms with van der Waals surface area (Å²) in [6.07, 6.45) is 4.26. The Labute approximate surface area is 142 Å². The highest BCUT2D eigenvalue weighted by atomic mass is 35.5. The number of anilines is 1. The van der Waals surface area contributed by atoms with Crippen molar-refractivity contribution in [3.8, 4) is 0 Å². The summed E-state index contributed by atoms with van der Waals surface area (Å²) in [4.78, 5) is 23.4. The van der Waals surface area contributed by atoms with Gasteiger partial charge in [0.25, 0.3) is 0 Å². The number of allylic oxidation sites excluding steroid dienone is 2. The summed E-state index contributed by atoms with van der Waals surface area (Å²) < 4.78 is 0. The Morgan fingerprint density at radius 3 is 2.14 bits per heavy atom. The molecule has 22 heavy (non-hydrogen) atoms. The van der Waals surface area contributed by atoms with Gasteiger partial charge in [0.05, 0.1) is 27.6 Å². The minimum atomic E-state index is -0.993. The van der Waals surface area contributed by atoms with Crippen LogP contribution < -0.4 is 10.9 Å². The van der Waals surface area contributed by atoms with Gasteiger partial charge in [0, 0.05) is 5.02 Å². The standard InChI is InChI=1S/C14H13Cl3N2O3/c15-7-5-10(16)12(11(17)6-7)18-19-13(20)8-3-1-2-4-9(8)14(21)22/h1-2,5-6,8-9,18H,3-4H2,(H,19,20)(H,21,22)/t8-,9-/m0/s1. The Hall–Kier alpha value is -1.43. The zero-order valence-corrected chi connectivity index (χ0v) is 13.5. The molecule has 2 rings (SSSR count). The van der Waals surface area contributed by atoms with Crippen LogP contribution in [0.4, 0.5) is 5.69 Å². The smallest absolute Gasteiger partial charge is 0.307 e. The largest absolute Gasteiger partial charge is 0.481 e. The number of nitrogens with one attached hydrogen (secondary N) is 2. The van der Waals surface area contributed by atoms with Crippen molar-refractivity contribution in [3.05, 3.63) is 39.4 Å². The van der Waals surface area contributed by atoms with E-state index in [1.165, 1.54) is 12.1 Å². The maximum absolute atomic E-state index is 12.2. The Morgan fingerprint density at radius 1 is 1.05 bits per heavy atom. The second-order valence-electron chi connectivity index (χ2n) is 4.85. The number of aliphatic carboxylic acids is 1. The Morgan fingerprint density at radius 2 is 1.59 bits per heavy atom. The molecule has 3 N–H and O–H groups in total. The molecule has 1 amide bonds. The highest BCUT2D eigenvalue weighted by Crippen LogP contribution is 2.33. The number of rotatable bonds is 4. The zero-order valence-electron chi connectivity index (χ0n) is 11.3. The first-order valence-electron chi connectivity index (χ1n) is 6.48. The predicted molar refractivity (Wildman–Crippen MR) is 86.2 cm³/mol. The number of carbonyl (C=O) groups is 2. The predicted octanol–water partition coefficient (Wildman–Crippen LogP) is 3.76. The van der Waals surface area contributed by atoms with Crippen molar-refractivity contribution in [1.82, 2.24) is 5.43 Å². The summed E-state index contributed by atoms with van der Waals surface area (Å²) in [7, 11) is 0. The van der Waals surface area contributed by atoms with Crippen molar-refractivity contribution in [1.29, 1.82) is 0 Å². The molecule has 1 aliphatic carbocycles. The second-order valence-corrected chi connectivity index (χ2v) is 6.10. The molecule has 0 spiro atoms. The maximum Gasteiger partial charge on any atom is 0.307 e. The molecule has 118 valence electrons. The molecule has 0 unspecified atom stereocenters. The Balaban J connectivity index is 2.07. The van der Waals surface area contributed by atoms with Crippen LogP contribution in [0.2, 0.25) is 15.1 Å². The lowest BCUT2D eigenvalue weighted by molar-refractivity contribution is -0.147. The van der Waals surface area contributed by atoms with Gasteiger partial charge in [-0.15, -0.1) is 0 Å². The Kier molecular flexibility index (Phi) is 5.56. The molecular weight excluding hydrogens is 351 g/mol. The number of benzene rings is 1. The van der Waals surface area contributed by atoms with E-state index in [1.807, 2.05) is 0 Å². The van der Waals surface area contributed by atoms with Crippen LogP contribution in [0.3, 0.4) is 0 Å².